The third kappa shape index (κ3) is 3.32. The molecular weight excluding hydrogens is 312 g/mol. The van der Waals surface area contributed by atoms with Crippen LogP contribution in [0.15, 0.2) is 60.8 Å². The van der Waals surface area contributed by atoms with Crippen LogP contribution in [-0.4, -0.2) is 29.2 Å². The summed E-state index contributed by atoms with van der Waals surface area (Å²) in [7, 11) is 0. The summed E-state index contributed by atoms with van der Waals surface area (Å²) in [5.41, 5.74) is 4.66. The second-order valence-electron chi connectivity index (χ2n) is 6.28. The van der Waals surface area contributed by atoms with E-state index in [1.807, 2.05) is 48.5 Å². The van der Waals surface area contributed by atoms with E-state index in [-0.39, 0.29) is 5.91 Å². The summed E-state index contributed by atoms with van der Waals surface area (Å²) in [6, 6.07) is 17.6. The first-order chi connectivity index (χ1) is 12.3. The number of rotatable bonds is 4. The van der Waals surface area contributed by atoms with Gasteiger partial charge in [-0.1, -0.05) is 30.3 Å². The molecule has 3 N–H and O–H groups in total. The summed E-state index contributed by atoms with van der Waals surface area (Å²) >= 11 is 0. The summed E-state index contributed by atoms with van der Waals surface area (Å²) in [5, 5.41) is 13.3. The first kappa shape index (κ1) is 15.6. The molecule has 1 fully saturated rings. The molecule has 1 atom stereocenters. The van der Waals surface area contributed by atoms with Gasteiger partial charge in [-0.25, -0.2) is 0 Å². The maximum atomic E-state index is 12.8. The van der Waals surface area contributed by atoms with Gasteiger partial charge in [0.25, 0.3) is 5.91 Å². The van der Waals surface area contributed by atoms with Crippen LogP contribution in [-0.2, 0) is 0 Å². The molecule has 4 rings (SSSR count). The zero-order chi connectivity index (χ0) is 17.1. The van der Waals surface area contributed by atoms with E-state index in [9.17, 15) is 4.79 Å². The second kappa shape index (κ2) is 6.91. The zero-order valence-corrected chi connectivity index (χ0v) is 13.8. The lowest BCUT2D eigenvalue weighted by molar-refractivity contribution is 0.102. The summed E-state index contributed by atoms with van der Waals surface area (Å²) < 4.78 is 0. The van der Waals surface area contributed by atoms with E-state index in [0.29, 0.717) is 5.92 Å². The third-order valence-electron chi connectivity index (χ3n) is 4.66. The second-order valence-corrected chi connectivity index (χ2v) is 6.28. The minimum Gasteiger partial charge on any atom is -0.322 e. The van der Waals surface area contributed by atoms with Crippen LogP contribution in [0.2, 0.25) is 0 Å². The van der Waals surface area contributed by atoms with Gasteiger partial charge in [0.15, 0.2) is 0 Å². The van der Waals surface area contributed by atoms with Crippen molar-refractivity contribution in [2.75, 3.05) is 18.4 Å². The van der Waals surface area contributed by atoms with E-state index in [2.05, 4.69) is 26.9 Å². The Balaban J connectivity index is 1.52. The fraction of sp³-hybridized carbons (Fsp3) is 0.200. The predicted octanol–water partition coefficient (Wildman–Crippen LogP) is 3.41. The molecule has 126 valence electrons. The van der Waals surface area contributed by atoms with Gasteiger partial charge in [-0.3, -0.25) is 9.89 Å². The topological polar surface area (TPSA) is 69.8 Å². The van der Waals surface area contributed by atoms with Gasteiger partial charge in [-0.05, 0) is 54.3 Å². The number of benzene rings is 2. The maximum absolute atomic E-state index is 12.8. The average Bonchev–Trinajstić information content (AvgIpc) is 3.36. The molecule has 0 saturated carbocycles. The molecule has 0 aliphatic carbocycles. The van der Waals surface area contributed by atoms with Crippen molar-refractivity contribution < 1.29 is 4.79 Å². The number of hydrogen-bond acceptors (Lipinski definition) is 3. The molecule has 1 aromatic heterocycles. The van der Waals surface area contributed by atoms with Crippen LogP contribution in [0.5, 0.6) is 0 Å². The molecule has 25 heavy (non-hydrogen) atoms. The van der Waals surface area contributed by atoms with Crippen molar-refractivity contribution in [1.29, 1.82) is 0 Å². The maximum Gasteiger partial charge on any atom is 0.255 e. The van der Waals surface area contributed by atoms with Crippen LogP contribution in [0, 0.1) is 0 Å². The fourth-order valence-corrected chi connectivity index (χ4v) is 3.33. The van der Waals surface area contributed by atoms with Gasteiger partial charge in [-0.2, -0.15) is 5.10 Å². The van der Waals surface area contributed by atoms with Gasteiger partial charge < -0.3 is 10.6 Å². The Morgan fingerprint density at radius 3 is 2.64 bits per heavy atom. The number of carbonyl (C=O) groups is 1. The lowest BCUT2D eigenvalue weighted by Gasteiger charge is -2.14. The van der Waals surface area contributed by atoms with E-state index < -0.39 is 0 Å². The molecule has 5 nitrogen and oxygen atoms in total. The Labute approximate surface area is 146 Å². The van der Waals surface area contributed by atoms with E-state index in [4.69, 9.17) is 0 Å². The Kier molecular flexibility index (Phi) is 4.31. The number of aromatic nitrogens is 2. The van der Waals surface area contributed by atoms with Crippen molar-refractivity contribution in [1.82, 2.24) is 15.5 Å². The quantitative estimate of drug-likeness (QED) is 0.686. The van der Waals surface area contributed by atoms with Gasteiger partial charge in [0.05, 0.1) is 5.69 Å². The number of nitrogens with zero attached hydrogens (tertiary/aromatic N) is 1. The summed E-state index contributed by atoms with van der Waals surface area (Å²) in [6.45, 7) is 1.94. The van der Waals surface area contributed by atoms with Crippen molar-refractivity contribution in [3.63, 3.8) is 0 Å². The summed E-state index contributed by atoms with van der Waals surface area (Å²) in [5.74, 6) is 0.349. The molecule has 5 heteroatoms. The number of carbonyl (C=O) groups excluding carboxylic acids is 1. The lowest BCUT2D eigenvalue weighted by atomic mass is 9.93. The number of H-pyrrole nitrogens is 1. The van der Waals surface area contributed by atoms with Gasteiger partial charge in [0.1, 0.15) is 0 Å². The number of aromatic amines is 1. The predicted molar refractivity (Wildman–Crippen MR) is 98.6 cm³/mol. The van der Waals surface area contributed by atoms with Crippen molar-refractivity contribution in [2.24, 2.45) is 0 Å². The molecule has 2 aromatic carbocycles. The molecule has 2 heterocycles. The fourth-order valence-electron chi connectivity index (χ4n) is 3.33. The van der Waals surface area contributed by atoms with Crippen molar-refractivity contribution in [3.05, 3.63) is 71.9 Å². The number of anilines is 1. The Hall–Kier alpha value is -2.92. The minimum atomic E-state index is -0.0585. The first-order valence-corrected chi connectivity index (χ1v) is 8.52. The molecule has 1 amide bonds. The molecule has 1 aliphatic rings. The van der Waals surface area contributed by atoms with Gasteiger partial charge >= 0.3 is 0 Å². The number of hydrogen-bond donors (Lipinski definition) is 3. The van der Waals surface area contributed by atoms with E-state index >= 15 is 0 Å². The molecule has 3 aromatic rings. The van der Waals surface area contributed by atoms with Crippen molar-refractivity contribution in [2.45, 2.75) is 12.3 Å². The first-order valence-electron chi connectivity index (χ1n) is 8.52. The SMILES string of the molecule is O=C(Nc1ccc(-c2ccn[nH]2)cc1)c1ccccc1[C@H]1CCNC1. The van der Waals surface area contributed by atoms with Crippen LogP contribution >= 0.6 is 0 Å². The van der Waals surface area contributed by atoms with Gasteiger partial charge in [0, 0.05) is 24.0 Å². The zero-order valence-electron chi connectivity index (χ0n) is 13.8. The van der Waals surface area contributed by atoms with E-state index in [1.54, 1.807) is 6.20 Å². The van der Waals surface area contributed by atoms with Crippen molar-refractivity contribution in [3.8, 4) is 11.3 Å². The highest BCUT2D eigenvalue weighted by atomic mass is 16.1. The molecule has 1 aliphatic heterocycles. The third-order valence-corrected chi connectivity index (χ3v) is 4.66. The summed E-state index contributed by atoms with van der Waals surface area (Å²) in [6.07, 6.45) is 2.79. The van der Waals surface area contributed by atoms with Crippen LogP contribution < -0.4 is 10.6 Å². The highest BCUT2D eigenvalue weighted by Gasteiger charge is 2.22. The molecule has 0 radical (unpaired) electrons. The van der Waals surface area contributed by atoms with Crippen LogP contribution in [0.25, 0.3) is 11.3 Å². The summed E-state index contributed by atoms with van der Waals surface area (Å²) in [4.78, 5) is 12.8. The van der Waals surface area contributed by atoms with E-state index in [0.717, 1.165) is 47.6 Å². The van der Waals surface area contributed by atoms with Crippen LogP contribution in [0.1, 0.15) is 28.3 Å². The van der Waals surface area contributed by atoms with Crippen LogP contribution in [0.4, 0.5) is 5.69 Å². The number of amides is 1. The molecule has 1 saturated heterocycles. The van der Waals surface area contributed by atoms with Crippen LogP contribution in [0.3, 0.4) is 0 Å². The average molecular weight is 332 g/mol. The highest BCUT2D eigenvalue weighted by Crippen LogP contribution is 2.26. The standard InChI is InChI=1S/C20H20N4O/c25-20(18-4-2-1-3-17(18)15-9-11-21-13-15)23-16-7-5-14(6-8-16)19-10-12-22-24-19/h1-8,10,12,15,21H,9,11,13H2,(H,22,24)(H,23,25)/t15-/m0/s1. The van der Waals surface area contributed by atoms with Crippen molar-refractivity contribution >= 4 is 11.6 Å². The smallest absolute Gasteiger partial charge is 0.255 e. The molecule has 0 spiro atoms. The number of nitrogens with one attached hydrogen (secondary N) is 3. The van der Waals surface area contributed by atoms with Gasteiger partial charge in [0.2, 0.25) is 0 Å². The molecule has 0 bridgehead atoms. The lowest BCUT2D eigenvalue weighted by Crippen LogP contribution is -2.17. The minimum absolute atomic E-state index is 0.0585. The Bertz CT molecular complexity index is 850. The Morgan fingerprint density at radius 2 is 1.92 bits per heavy atom. The monoisotopic (exact) mass is 332 g/mol. The normalized spacial score (nSPS) is 16.7. The molecular formula is C20H20N4O. The highest BCUT2D eigenvalue weighted by molar-refractivity contribution is 6.05. The van der Waals surface area contributed by atoms with Gasteiger partial charge in [-0.15, -0.1) is 0 Å². The Morgan fingerprint density at radius 1 is 1.08 bits per heavy atom. The largest absolute Gasteiger partial charge is 0.322 e. The van der Waals surface area contributed by atoms with E-state index in [1.165, 1.54) is 0 Å². The molecule has 0 unspecified atom stereocenters.